The molecule has 0 aliphatic carbocycles. The number of amides is 1. The number of carbonyl (C=O) groups is 1. The average molecular weight is 259 g/mol. The summed E-state index contributed by atoms with van der Waals surface area (Å²) in [6.45, 7) is 3.48. The number of hydrogen-bond acceptors (Lipinski definition) is 4. The van der Waals surface area contributed by atoms with Gasteiger partial charge >= 0.3 is 0 Å². The van der Waals surface area contributed by atoms with Gasteiger partial charge in [0.1, 0.15) is 5.69 Å². The summed E-state index contributed by atoms with van der Waals surface area (Å²) < 4.78 is 1.79. The zero-order chi connectivity index (χ0) is 13.7. The highest BCUT2D eigenvalue weighted by Gasteiger charge is 2.09. The van der Waals surface area contributed by atoms with E-state index in [9.17, 15) is 4.79 Å². The molecule has 2 aromatic rings. The number of imidazole rings is 1. The second-order valence-corrected chi connectivity index (χ2v) is 4.24. The molecule has 6 heteroatoms. The first-order valence-electron chi connectivity index (χ1n) is 6.11. The molecule has 1 amide bonds. The van der Waals surface area contributed by atoms with Crippen LogP contribution in [0.25, 0.3) is 0 Å². The first-order valence-corrected chi connectivity index (χ1v) is 6.11. The molecular weight excluding hydrogens is 242 g/mol. The summed E-state index contributed by atoms with van der Waals surface area (Å²) in [5, 5.41) is 2.79. The summed E-state index contributed by atoms with van der Waals surface area (Å²) in [5.74, 6) is -0.209. The Morgan fingerprint density at radius 3 is 3.05 bits per heavy atom. The van der Waals surface area contributed by atoms with Crippen LogP contribution in [0.1, 0.15) is 21.9 Å². The molecule has 0 radical (unpaired) electrons. The van der Waals surface area contributed by atoms with E-state index in [0.29, 0.717) is 25.3 Å². The molecule has 0 fully saturated rings. The second kappa shape index (κ2) is 6.10. The van der Waals surface area contributed by atoms with Crippen LogP contribution in [0, 0.1) is 6.92 Å². The molecule has 3 N–H and O–H groups in total. The van der Waals surface area contributed by atoms with Crippen LogP contribution < -0.4 is 11.1 Å². The van der Waals surface area contributed by atoms with Crippen molar-refractivity contribution in [3.05, 3.63) is 47.8 Å². The molecule has 0 spiro atoms. The van der Waals surface area contributed by atoms with Gasteiger partial charge in [-0.1, -0.05) is 6.07 Å². The van der Waals surface area contributed by atoms with E-state index in [0.717, 1.165) is 11.4 Å². The Morgan fingerprint density at radius 1 is 1.47 bits per heavy atom. The number of carbonyl (C=O) groups excluding carboxylic acids is 1. The highest BCUT2D eigenvalue weighted by molar-refractivity contribution is 5.91. The minimum Gasteiger partial charge on any atom is -0.345 e. The SMILES string of the molecule is Cc1cccc(CNC(=O)c2cn(CCN)cn2)n1. The highest BCUT2D eigenvalue weighted by Crippen LogP contribution is 2.00. The van der Waals surface area contributed by atoms with Crippen molar-refractivity contribution in [2.45, 2.75) is 20.0 Å². The lowest BCUT2D eigenvalue weighted by Gasteiger charge is -2.03. The molecule has 0 aromatic carbocycles. The predicted molar refractivity (Wildman–Crippen MR) is 71.4 cm³/mol. The lowest BCUT2D eigenvalue weighted by Crippen LogP contribution is -2.23. The molecule has 0 aliphatic rings. The molecule has 0 unspecified atom stereocenters. The maximum Gasteiger partial charge on any atom is 0.271 e. The fraction of sp³-hybridized carbons (Fsp3) is 0.308. The molecule has 19 heavy (non-hydrogen) atoms. The first kappa shape index (κ1) is 13.2. The van der Waals surface area contributed by atoms with Gasteiger partial charge in [-0.25, -0.2) is 4.98 Å². The second-order valence-electron chi connectivity index (χ2n) is 4.24. The molecule has 0 saturated heterocycles. The number of pyridine rings is 1. The van der Waals surface area contributed by atoms with Gasteiger partial charge in [-0.05, 0) is 19.1 Å². The van der Waals surface area contributed by atoms with E-state index in [1.54, 1.807) is 17.1 Å². The molecule has 6 nitrogen and oxygen atoms in total. The third-order valence-electron chi connectivity index (χ3n) is 2.63. The van der Waals surface area contributed by atoms with Crippen molar-refractivity contribution >= 4 is 5.91 Å². The third kappa shape index (κ3) is 3.62. The van der Waals surface area contributed by atoms with Crippen molar-refractivity contribution in [1.82, 2.24) is 19.9 Å². The fourth-order valence-corrected chi connectivity index (χ4v) is 1.71. The Bertz CT molecular complexity index is 564. The van der Waals surface area contributed by atoms with Crippen molar-refractivity contribution in [3.8, 4) is 0 Å². The minimum atomic E-state index is -0.209. The summed E-state index contributed by atoms with van der Waals surface area (Å²) in [4.78, 5) is 20.2. The van der Waals surface area contributed by atoms with Crippen molar-refractivity contribution in [1.29, 1.82) is 0 Å². The van der Waals surface area contributed by atoms with Crippen molar-refractivity contribution in [3.63, 3.8) is 0 Å². The number of aromatic nitrogens is 3. The Morgan fingerprint density at radius 2 is 2.32 bits per heavy atom. The van der Waals surface area contributed by atoms with Gasteiger partial charge in [-0.3, -0.25) is 9.78 Å². The van der Waals surface area contributed by atoms with Crippen LogP contribution >= 0.6 is 0 Å². The smallest absolute Gasteiger partial charge is 0.271 e. The van der Waals surface area contributed by atoms with E-state index in [2.05, 4.69) is 15.3 Å². The van der Waals surface area contributed by atoms with Gasteiger partial charge in [0, 0.05) is 25.0 Å². The third-order valence-corrected chi connectivity index (χ3v) is 2.63. The van der Waals surface area contributed by atoms with Crippen LogP contribution in [0.15, 0.2) is 30.7 Å². The Labute approximate surface area is 111 Å². The number of aryl methyl sites for hydroxylation is 1. The monoisotopic (exact) mass is 259 g/mol. The lowest BCUT2D eigenvalue weighted by molar-refractivity contribution is 0.0946. The summed E-state index contributed by atoms with van der Waals surface area (Å²) >= 11 is 0. The summed E-state index contributed by atoms with van der Waals surface area (Å²) in [7, 11) is 0. The summed E-state index contributed by atoms with van der Waals surface area (Å²) in [6.07, 6.45) is 3.29. The molecule has 2 heterocycles. The molecule has 0 aliphatic heterocycles. The van der Waals surface area contributed by atoms with E-state index in [1.165, 1.54) is 0 Å². The van der Waals surface area contributed by atoms with Crippen LogP contribution in [0.5, 0.6) is 0 Å². The van der Waals surface area contributed by atoms with Gasteiger partial charge in [0.15, 0.2) is 0 Å². The maximum atomic E-state index is 11.9. The number of nitrogens with two attached hydrogens (primary N) is 1. The van der Waals surface area contributed by atoms with E-state index in [4.69, 9.17) is 5.73 Å². The number of hydrogen-bond donors (Lipinski definition) is 2. The van der Waals surface area contributed by atoms with Gasteiger partial charge in [0.2, 0.25) is 0 Å². The van der Waals surface area contributed by atoms with Gasteiger partial charge in [-0.15, -0.1) is 0 Å². The topological polar surface area (TPSA) is 85.8 Å². The summed E-state index contributed by atoms with van der Waals surface area (Å²) in [6, 6.07) is 5.71. The molecule has 0 atom stereocenters. The van der Waals surface area contributed by atoms with Gasteiger partial charge in [0.05, 0.1) is 18.6 Å². The van der Waals surface area contributed by atoms with Gasteiger partial charge in [-0.2, -0.15) is 0 Å². The van der Waals surface area contributed by atoms with E-state index >= 15 is 0 Å². The Kier molecular flexibility index (Phi) is 4.25. The van der Waals surface area contributed by atoms with Crippen LogP contribution in [-0.4, -0.2) is 27.0 Å². The predicted octanol–water partition coefficient (Wildman–Crippen LogP) is 0.475. The largest absolute Gasteiger partial charge is 0.345 e. The van der Waals surface area contributed by atoms with Crippen LogP contribution in [-0.2, 0) is 13.1 Å². The number of nitrogens with one attached hydrogen (secondary N) is 1. The standard InChI is InChI=1S/C13H17N5O/c1-10-3-2-4-11(17-10)7-15-13(19)12-8-18(6-5-14)9-16-12/h2-4,8-9H,5-7,14H2,1H3,(H,15,19). The van der Waals surface area contributed by atoms with Crippen molar-refractivity contribution < 1.29 is 4.79 Å². The number of rotatable bonds is 5. The molecule has 0 bridgehead atoms. The van der Waals surface area contributed by atoms with Crippen LogP contribution in [0.3, 0.4) is 0 Å². The highest BCUT2D eigenvalue weighted by atomic mass is 16.1. The lowest BCUT2D eigenvalue weighted by atomic mass is 10.3. The number of nitrogens with zero attached hydrogens (tertiary/aromatic N) is 3. The zero-order valence-corrected chi connectivity index (χ0v) is 10.8. The van der Waals surface area contributed by atoms with Crippen molar-refractivity contribution in [2.75, 3.05) is 6.54 Å². The Balaban J connectivity index is 1.93. The summed E-state index contributed by atoms with van der Waals surface area (Å²) in [5.41, 5.74) is 7.59. The molecule has 2 aromatic heterocycles. The average Bonchev–Trinajstić information content (AvgIpc) is 2.85. The normalized spacial score (nSPS) is 10.4. The van der Waals surface area contributed by atoms with Crippen molar-refractivity contribution in [2.24, 2.45) is 5.73 Å². The Hall–Kier alpha value is -2.21. The fourth-order valence-electron chi connectivity index (χ4n) is 1.71. The van der Waals surface area contributed by atoms with Crippen LogP contribution in [0.2, 0.25) is 0 Å². The van der Waals surface area contributed by atoms with E-state index in [1.807, 2.05) is 25.1 Å². The first-order chi connectivity index (χ1) is 9.19. The minimum absolute atomic E-state index is 0.209. The molecular formula is C13H17N5O. The van der Waals surface area contributed by atoms with E-state index in [-0.39, 0.29) is 5.91 Å². The van der Waals surface area contributed by atoms with Gasteiger partial charge in [0.25, 0.3) is 5.91 Å². The van der Waals surface area contributed by atoms with Gasteiger partial charge < -0.3 is 15.6 Å². The molecule has 2 rings (SSSR count). The molecule has 0 saturated carbocycles. The van der Waals surface area contributed by atoms with E-state index < -0.39 is 0 Å². The van der Waals surface area contributed by atoms with Crippen LogP contribution in [0.4, 0.5) is 0 Å². The maximum absolute atomic E-state index is 11.9. The zero-order valence-electron chi connectivity index (χ0n) is 10.8. The molecule has 100 valence electrons. The quantitative estimate of drug-likeness (QED) is 0.817.